The van der Waals surface area contributed by atoms with Crippen LogP contribution >= 0.6 is 15.9 Å². The zero-order chi connectivity index (χ0) is 15.1. The van der Waals surface area contributed by atoms with Crippen LogP contribution in [0.4, 0.5) is 0 Å². The molecule has 112 valence electrons. The lowest BCUT2D eigenvalue weighted by Crippen LogP contribution is -2.18. The molecule has 0 aliphatic rings. The molecule has 0 heterocycles. The van der Waals surface area contributed by atoms with Crippen molar-refractivity contribution in [2.45, 2.75) is 19.4 Å². The second kappa shape index (κ2) is 8.05. The van der Waals surface area contributed by atoms with Crippen LogP contribution in [0.2, 0.25) is 0 Å². The molecule has 0 saturated heterocycles. The van der Waals surface area contributed by atoms with Crippen molar-refractivity contribution in [2.75, 3.05) is 13.2 Å². The van der Waals surface area contributed by atoms with Crippen LogP contribution < -0.4 is 15.2 Å². The zero-order valence-electron chi connectivity index (χ0n) is 12.1. The molecule has 0 saturated carbocycles. The van der Waals surface area contributed by atoms with Gasteiger partial charge in [0, 0.05) is 16.6 Å². The van der Waals surface area contributed by atoms with E-state index in [2.05, 4.69) is 22.9 Å². The lowest BCUT2D eigenvalue weighted by Gasteiger charge is -2.19. The highest BCUT2D eigenvalue weighted by Gasteiger charge is 2.14. The summed E-state index contributed by atoms with van der Waals surface area (Å²) in [7, 11) is 0. The van der Waals surface area contributed by atoms with Gasteiger partial charge in [-0.2, -0.15) is 0 Å². The van der Waals surface area contributed by atoms with Crippen LogP contribution in [0.3, 0.4) is 0 Å². The van der Waals surface area contributed by atoms with E-state index in [9.17, 15) is 0 Å². The fourth-order valence-corrected chi connectivity index (χ4v) is 2.51. The van der Waals surface area contributed by atoms with Gasteiger partial charge in [0.1, 0.15) is 17.6 Å². The highest BCUT2D eigenvalue weighted by molar-refractivity contribution is 9.10. The quantitative estimate of drug-likeness (QED) is 0.809. The second-order valence-corrected chi connectivity index (χ2v) is 5.54. The van der Waals surface area contributed by atoms with Crippen LogP contribution in [-0.4, -0.2) is 13.2 Å². The molecule has 0 spiro atoms. The van der Waals surface area contributed by atoms with Crippen molar-refractivity contribution in [1.82, 2.24) is 0 Å². The maximum atomic E-state index is 5.98. The fourth-order valence-electron chi connectivity index (χ4n) is 1.97. The number of rotatable bonds is 7. The molecule has 0 bridgehead atoms. The molecule has 1 atom stereocenters. The fraction of sp³-hybridized carbons (Fsp3) is 0.294. The predicted molar refractivity (Wildman–Crippen MR) is 88.8 cm³/mol. The van der Waals surface area contributed by atoms with Crippen molar-refractivity contribution >= 4 is 15.9 Å². The average molecular weight is 350 g/mol. The Morgan fingerprint density at radius 2 is 1.71 bits per heavy atom. The topological polar surface area (TPSA) is 44.5 Å². The van der Waals surface area contributed by atoms with E-state index >= 15 is 0 Å². The number of ether oxygens (including phenoxy) is 2. The molecule has 21 heavy (non-hydrogen) atoms. The third-order valence-corrected chi connectivity index (χ3v) is 3.76. The molecule has 2 aromatic carbocycles. The first kappa shape index (κ1) is 15.9. The summed E-state index contributed by atoms with van der Waals surface area (Å²) >= 11 is 3.54. The van der Waals surface area contributed by atoms with E-state index in [0.717, 1.165) is 34.6 Å². The number of halogens is 1. The number of nitrogens with two attached hydrogens (primary N) is 1. The van der Waals surface area contributed by atoms with E-state index in [4.69, 9.17) is 15.2 Å². The third kappa shape index (κ3) is 4.48. The van der Waals surface area contributed by atoms with Gasteiger partial charge in [0.2, 0.25) is 0 Å². The molecule has 0 radical (unpaired) electrons. The van der Waals surface area contributed by atoms with Gasteiger partial charge < -0.3 is 15.2 Å². The summed E-state index contributed by atoms with van der Waals surface area (Å²) in [6.07, 6.45) is 0.818. The summed E-state index contributed by atoms with van der Waals surface area (Å²) in [5.41, 5.74) is 6.89. The largest absolute Gasteiger partial charge is 0.494 e. The minimum absolute atomic E-state index is 0.178. The van der Waals surface area contributed by atoms with E-state index in [-0.39, 0.29) is 6.10 Å². The minimum Gasteiger partial charge on any atom is -0.494 e. The maximum absolute atomic E-state index is 5.98. The Balaban J connectivity index is 2.07. The summed E-state index contributed by atoms with van der Waals surface area (Å²) in [6, 6.07) is 15.6. The highest BCUT2D eigenvalue weighted by atomic mass is 79.9. The molecule has 2 N–H and O–H groups in total. The van der Waals surface area contributed by atoms with Crippen LogP contribution in [0.5, 0.6) is 11.5 Å². The van der Waals surface area contributed by atoms with E-state index in [1.807, 2.05) is 48.5 Å². The Bertz CT molecular complexity index is 557. The Hall–Kier alpha value is -1.52. The van der Waals surface area contributed by atoms with E-state index in [1.54, 1.807) is 0 Å². The summed E-state index contributed by atoms with van der Waals surface area (Å²) in [4.78, 5) is 0. The summed E-state index contributed by atoms with van der Waals surface area (Å²) in [5.74, 6) is 1.64. The Labute approximate surface area is 134 Å². The Morgan fingerprint density at radius 3 is 2.33 bits per heavy atom. The predicted octanol–water partition coefficient (Wildman–Crippen LogP) is 4.32. The molecule has 0 aromatic heterocycles. The van der Waals surface area contributed by atoms with Crippen LogP contribution in [0.25, 0.3) is 0 Å². The van der Waals surface area contributed by atoms with Crippen LogP contribution in [0.15, 0.2) is 53.0 Å². The molecular formula is C17H20BrNO2. The van der Waals surface area contributed by atoms with E-state index < -0.39 is 0 Å². The lowest BCUT2D eigenvalue weighted by molar-refractivity contribution is 0.213. The number of hydrogen-bond acceptors (Lipinski definition) is 3. The zero-order valence-corrected chi connectivity index (χ0v) is 13.7. The van der Waals surface area contributed by atoms with Crippen molar-refractivity contribution in [3.05, 3.63) is 58.6 Å². The van der Waals surface area contributed by atoms with Gasteiger partial charge >= 0.3 is 0 Å². The van der Waals surface area contributed by atoms with Gasteiger partial charge in [0.15, 0.2) is 0 Å². The molecule has 0 aliphatic heterocycles. The molecule has 3 nitrogen and oxygen atoms in total. The number of hydrogen-bond donors (Lipinski definition) is 1. The molecule has 0 fully saturated rings. The van der Waals surface area contributed by atoms with Gasteiger partial charge in [0.25, 0.3) is 0 Å². The van der Waals surface area contributed by atoms with Gasteiger partial charge in [0.05, 0.1) is 6.61 Å². The van der Waals surface area contributed by atoms with Crippen LogP contribution in [0, 0.1) is 0 Å². The van der Waals surface area contributed by atoms with Gasteiger partial charge in [-0.05, 0) is 36.8 Å². The monoisotopic (exact) mass is 349 g/mol. The van der Waals surface area contributed by atoms with Crippen molar-refractivity contribution in [1.29, 1.82) is 0 Å². The first-order chi connectivity index (χ1) is 10.2. The third-order valence-electron chi connectivity index (χ3n) is 3.04. The smallest absolute Gasteiger partial charge is 0.137 e. The average Bonchev–Trinajstić information content (AvgIpc) is 2.52. The second-order valence-electron chi connectivity index (χ2n) is 4.68. The van der Waals surface area contributed by atoms with E-state index in [0.29, 0.717) is 6.54 Å². The number of benzene rings is 2. The van der Waals surface area contributed by atoms with Crippen molar-refractivity contribution in [3.63, 3.8) is 0 Å². The molecular weight excluding hydrogens is 330 g/mol. The van der Waals surface area contributed by atoms with Crippen LogP contribution in [0.1, 0.15) is 25.0 Å². The first-order valence-corrected chi connectivity index (χ1v) is 7.88. The molecule has 2 rings (SSSR count). The van der Waals surface area contributed by atoms with Gasteiger partial charge in [-0.15, -0.1) is 0 Å². The summed E-state index contributed by atoms with van der Waals surface area (Å²) < 4.78 is 12.5. The summed E-state index contributed by atoms with van der Waals surface area (Å²) in [6.45, 7) is 3.22. The van der Waals surface area contributed by atoms with E-state index in [1.165, 1.54) is 0 Å². The Kier molecular flexibility index (Phi) is 6.08. The summed E-state index contributed by atoms with van der Waals surface area (Å²) in [5, 5.41) is 0. The van der Waals surface area contributed by atoms with Crippen LogP contribution in [-0.2, 0) is 0 Å². The molecule has 4 heteroatoms. The molecule has 0 amide bonds. The Morgan fingerprint density at radius 1 is 1.05 bits per heavy atom. The van der Waals surface area contributed by atoms with Crippen molar-refractivity contribution in [3.8, 4) is 11.5 Å². The van der Waals surface area contributed by atoms with Gasteiger partial charge in [-0.3, -0.25) is 0 Å². The maximum Gasteiger partial charge on any atom is 0.137 e. The molecule has 2 aromatic rings. The molecule has 1 unspecified atom stereocenters. The SMILES string of the molecule is CCCOc1ccc(OC(CN)c2ccccc2Br)cc1. The van der Waals surface area contributed by atoms with Gasteiger partial charge in [-0.1, -0.05) is 41.1 Å². The minimum atomic E-state index is -0.178. The normalized spacial score (nSPS) is 12.0. The molecule has 0 aliphatic carbocycles. The first-order valence-electron chi connectivity index (χ1n) is 7.08. The van der Waals surface area contributed by atoms with Crippen molar-refractivity contribution in [2.24, 2.45) is 5.73 Å². The highest BCUT2D eigenvalue weighted by Crippen LogP contribution is 2.28. The van der Waals surface area contributed by atoms with Crippen molar-refractivity contribution < 1.29 is 9.47 Å². The standard InChI is InChI=1S/C17H20BrNO2/c1-2-11-20-13-7-9-14(10-8-13)21-17(12-19)15-5-3-4-6-16(15)18/h3-10,17H,2,11-12,19H2,1H3. The van der Waals surface area contributed by atoms with Gasteiger partial charge in [-0.25, -0.2) is 0 Å². The lowest BCUT2D eigenvalue weighted by atomic mass is 10.1.